The Morgan fingerprint density at radius 3 is 2.88 bits per heavy atom. The summed E-state index contributed by atoms with van der Waals surface area (Å²) in [4.78, 5) is 11.3. The van der Waals surface area contributed by atoms with Crippen LogP contribution in [0, 0.1) is 0 Å². The Bertz CT molecular complexity index is 812. The summed E-state index contributed by atoms with van der Waals surface area (Å²) in [5, 5.41) is 16.5. The summed E-state index contributed by atoms with van der Waals surface area (Å²) in [5.74, 6) is 1.26. The zero-order valence-electron chi connectivity index (χ0n) is 13.4. The van der Waals surface area contributed by atoms with Gasteiger partial charge in [0.2, 0.25) is 0 Å². The van der Waals surface area contributed by atoms with Crippen molar-refractivity contribution in [2.24, 2.45) is 0 Å². The van der Waals surface area contributed by atoms with Gasteiger partial charge < -0.3 is 10.1 Å². The molecule has 132 valence electrons. The minimum absolute atomic E-state index is 0.0864. The molecule has 0 saturated carbocycles. The fourth-order valence-corrected chi connectivity index (χ4v) is 4.14. The normalized spacial score (nSPS) is 15.0. The molecule has 3 rings (SSSR count). The van der Waals surface area contributed by atoms with E-state index in [9.17, 15) is 5.11 Å². The fourth-order valence-electron chi connectivity index (χ4n) is 2.50. The standard InChI is InChI=1S/C16H17Cl2N5OS/c1-11(15-20-4-5-21-15)25-8-16(24,7-23-10-19-9-22-23)13-3-2-12(17)6-14(13)18/h2-6,9-11,24H,7-8H2,1H3,(H,20,21). The lowest BCUT2D eigenvalue weighted by atomic mass is 9.95. The van der Waals surface area contributed by atoms with Gasteiger partial charge in [-0.05, 0) is 19.1 Å². The molecule has 2 unspecified atom stereocenters. The molecular formula is C16H17Cl2N5OS. The van der Waals surface area contributed by atoms with E-state index < -0.39 is 5.60 Å². The van der Waals surface area contributed by atoms with Crippen LogP contribution in [0.25, 0.3) is 0 Å². The van der Waals surface area contributed by atoms with E-state index in [4.69, 9.17) is 23.2 Å². The monoisotopic (exact) mass is 397 g/mol. The van der Waals surface area contributed by atoms with Gasteiger partial charge in [0.25, 0.3) is 0 Å². The van der Waals surface area contributed by atoms with Gasteiger partial charge in [-0.1, -0.05) is 29.3 Å². The third-order valence-electron chi connectivity index (χ3n) is 3.80. The number of aromatic nitrogens is 5. The van der Waals surface area contributed by atoms with Crippen LogP contribution in [-0.2, 0) is 12.1 Å². The summed E-state index contributed by atoms with van der Waals surface area (Å²) < 4.78 is 1.59. The molecule has 2 aromatic heterocycles. The molecule has 6 nitrogen and oxygen atoms in total. The number of aromatic amines is 1. The van der Waals surface area contributed by atoms with Crippen molar-refractivity contribution in [3.05, 3.63) is 64.7 Å². The Kier molecular flexibility index (Phi) is 5.68. The number of nitrogens with zero attached hydrogens (tertiary/aromatic N) is 4. The SMILES string of the molecule is CC(SCC(O)(Cn1cncn1)c1ccc(Cl)cc1Cl)c1ncc[nH]1. The Balaban J connectivity index is 1.85. The molecule has 0 radical (unpaired) electrons. The van der Waals surface area contributed by atoms with Gasteiger partial charge in [-0.2, -0.15) is 5.10 Å². The average molecular weight is 398 g/mol. The van der Waals surface area contributed by atoms with Gasteiger partial charge in [0.05, 0.1) is 11.8 Å². The molecule has 0 amide bonds. The summed E-state index contributed by atoms with van der Waals surface area (Å²) in [6.45, 7) is 2.26. The second-order valence-corrected chi connectivity index (χ2v) is 7.85. The highest BCUT2D eigenvalue weighted by molar-refractivity contribution is 7.99. The van der Waals surface area contributed by atoms with Gasteiger partial charge in [0, 0.05) is 33.8 Å². The number of aliphatic hydroxyl groups is 1. The van der Waals surface area contributed by atoms with Crippen molar-refractivity contribution in [3.8, 4) is 0 Å². The second kappa shape index (κ2) is 7.78. The van der Waals surface area contributed by atoms with Crippen LogP contribution in [0.5, 0.6) is 0 Å². The molecule has 0 fully saturated rings. The number of imidazole rings is 1. The van der Waals surface area contributed by atoms with Crippen molar-refractivity contribution in [1.82, 2.24) is 24.7 Å². The van der Waals surface area contributed by atoms with Crippen LogP contribution in [0.2, 0.25) is 10.0 Å². The van der Waals surface area contributed by atoms with Gasteiger partial charge in [0.15, 0.2) is 0 Å². The van der Waals surface area contributed by atoms with Crippen molar-refractivity contribution in [1.29, 1.82) is 0 Å². The van der Waals surface area contributed by atoms with Crippen LogP contribution in [0.1, 0.15) is 23.6 Å². The van der Waals surface area contributed by atoms with Gasteiger partial charge in [0.1, 0.15) is 24.1 Å². The van der Waals surface area contributed by atoms with E-state index in [1.807, 2.05) is 6.92 Å². The molecule has 1 aromatic carbocycles. The molecular weight excluding hydrogens is 381 g/mol. The van der Waals surface area contributed by atoms with E-state index in [1.165, 1.54) is 6.33 Å². The van der Waals surface area contributed by atoms with Crippen LogP contribution < -0.4 is 0 Å². The minimum atomic E-state index is -1.24. The Morgan fingerprint density at radius 1 is 1.40 bits per heavy atom. The topological polar surface area (TPSA) is 79.6 Å². The smallest absolute Gasteiger partial charge is 0.137 e. The number of rotatable bonds is 7. The number of thioether (sulfide) groups is 1. The first-order valence-corrected chi connectivity index (χ1v) is 9.39. The van der Waals surface area contributed by atoms with Gasteiger partial charge in [-0.15, -0.1) is 11.8 Å². The molecule has 2 atom stereocenters. The van der Waals surface area contributed by atoms with Crippen LogP contribution in [0.4, 0.5) is 0 Å². The van der Waals surface area contributed by atoms with E-state index >= 15 is 0 Å². The maximum absolute atomic E-state index is 11.4. The van der Waals surface area contributed by atoms with Crippen LogP contribution in [-0.4, -0.2) is 35.6 Å². The molecule has 0 saturated heterocycles. The Morgan fingerprint density at radius 2 is 2.24 bits per heavy atom. The first-order valence-electron chi connectivity index (χ1n) is 7.59. The maximum Gasteiger partial charge on any atom is 0.137 e. The quantitative estimate of drug-likeness (QED) is 0.635. The predicted octanol–water partition coefficient (Wildman–Crippen LogP) is 3.69. The molecule has 25 heavy (non-hydrogen) atoms. The number of hydrogen-bond donors (Lipinski definition) is 2. The molecule has 0 aliphatic rings. The first-order chi connectivity index (χ1) is 12.0. The molecule has 0 bridgehead atoms. The number of H-pyrrole nitrogens is 1. The molecule has 0 spiro atoms. The highest BCUT2D eigenvalue weighted by Crippen LogP contribution is 2.37. The summed E-state index contributed by atoms with van der Waals surface area (Å²) >= 11 is 13.9. The van der Waals surface area contributed by atoms with Crippen molar-refractivity contribution in [2.75, 3.05) is 5.75 Å². The summed E-state index contributed by atoms with van der Waals surface area (Å²) in [5.41, 5.74) is -0.630. The number of halogens is 2. The largest absolute Gasteiger partial charge is 0.382 e. The van der Waals surface area contributed by atoms with Gasteiger partial charge >= 0.3 is 0 Å². The average Bonchev–Trinajstić information content (AvgIpc) is 3.26. The van der Waals surface area contributed by atoms with Crippen LogP contribution >= 0.6 is 35.0 Å². The third-order valence-corrected chi connectivity index (χ3v) is 5.71. The van der Waals surface area contributed by atoms with E-state index in [-0.39, 0.29) is 11.8 Å². The Hall–Kier alpha value is -1.54. The Labute approximate surface area is 159 Å². The number of benzene rings is 1. The fraction of sp³-hybridized carbons (Fsp3) is 0.312. The van der Waals surface area contributed by atoms with Crippen molar-refractivity contribution < 1.29 is 5.11 Å². The lowest BCUT2D eigenvalue weighted by Crippen LogP contribution is -2.35. The van der Waals surface area contributed by atoms with Crippen LogP contribution in [0.15, 0.2) is 43.2 Å². The van der Waals surface area contributed by atoms with Crippen molar-refractivity contribution >= 4 is 35.0 Å². The van der Waals surface area contributed by atoms with E-state index in [0.717, 1.165) is 5.82 Å². The number of nitrogens with one attached hydrogen (secondary N) is 1. The van der Waals surface area contributed by atoms with Crippen molar-refractivity contribution in [2.45, 2.75) is 24.3 Å². The zero-order chi connectivity index (χ0) is 17.9. The predicted molar refractivity (Wildman–Crippen MR) is 99.8 cm³/mol. The lowest BCUT2D eigenvalue weighted by molar-refractivity contribution is 0.0397. The molecule has 2 N–H and O–H groups in total. The van der Waals surface area contributed by atoms with Crippen molar-refractivity contribution in [3.63, 3.8) is 0 Å². The minimum Gasteiger partial charge on any atom is -0.382 e. The zero-order valence-corrected chi connectivity index (χ0v) is 15.8. The first kappa shape index (κ1) is 18.3. The van der Waals surface area contributed by atoms with E-state index in [1.54, 1.807) is 53.4 Å². The lowest BCUT2D eigenvalue weighted by Gasteiger charge is -2.30. The molecule has 9 heteroatoms. The summed E-state index contributed by atoms with van der Waals surface area (Å²) in [6, 6.07) is 5.10. The molecule has 0 aliphatic heterocycles. The van der Waals surface area contributed by atoms with Crippen LogP contribution in [0.3, 0.4) is 0 Å². The molecule has 0 aliphatic carbocycles. The van der Waals surface area contributed by atoms with E-state index in [2.05, 4.69) is 20.1 Å². The number of hydrogen-bond acceptors (Lipinski definition) is 5. The molecule has 3 aromatic rings. The third kappa shape index (κ3) is 4.36. The summed E-state index contributed by atoms with van der Waals surface area (Å²) in [6.07, 6.45) is 6.49. The maximum atomic E-state index is 11.4. The van der Waals surface area contributed by atoms with E-state index in [0.29, 0.717) is 21.4 Å². The summed E-state index contributed by atoms with van der Waals surface area (Å²) in [7, 11) is 0. The van der Waals surface area contributed by atoms with Gasteiger partial charge in [-0.3, -0.25) is 0 Å². The highest BCUT2D eigenvalue weighted by Gasteiger charge is 2.33. The van der Waals surface area contributed by atoms with Gasteiger partial charge in [-0.25, -0.2) is 14.6 Å². The second-order valence-electron chi connectivity index (χ2n) is 5.68. The highest BCUT2D eigenvalue weighted by atomic mass is 35.5. The molecule has 2 heterocycles.